The average molecular weight is 439 g/mol. The molecular formula is C21H24Cl2N2O4. The van der Waals surface area contributed by atoms with Crippen LogP contribution in [0.15, 0.2) is 36.4 Å². The molecule has 0 spiro atoms. The van der Waals surface area contributed by atoms with E-state index in [-0.39, 0.29) is 5.91 Å². The third-order valence-corrected chi connectivity index (χ3v) is 6.13. The summed E-state index contributed by atoms with van der Waals surface area (Å²) in [5.41, 5.74) is 0.537. The third kappa shape index (κ3) is 4.67. The van der Waals surface area contributed by atoms with Gasteiger partial charge in [-0.1, -0.05) is 35.3 Å². The molecule has 1 aromatic heterocycles. The van der Waals surface area contributed by atoms with E-state index in [1.807, 2.05) is 18.2 Å². The van der Waals surface area contributed by atoms with Gasteiger partial charge in [-0.15, -0.1) is 0 Å². The highest BCUT2D eigenvalue weighted by atomic mass is 35.5. The first-order valence-corrected chi connectivity index (χ1v) is 10.0. The Morgan fingerprint density at radius 1 is 1.14 bits per heavy atom. The molecule has 0 N–H and O–H groups in total. The number of aromatic nitrogens is 1. The molecule has 3 rings (SSSR count). The van der Waals surface area contributed by atoms with E-state index in [1.54, 1.807) is 44.4 Å². The summed E-state index contributed by atoms with van der Waals surface area (Å²) in [7, 11) is 4.75. The largest absolute Gasteiger partial charge is 0.481 e. The average Bonchev–Trinajstić information content (AvgIpc) is 2.75. The van der Waals surface area contributed by atoms with Gasteiger partial charge in [-0.3, -0.25) is 9.69 Å². The van der Waals surface area contributed by atoms with Crippen LogP contribution >= 0.6 is 23.2 Å². The van der Waals surface area contributed by atoms with Crippen molar-refractivity contribution in [2.24, 2.45) is 0 Å². The maximum atomic E-state index is 12.8. The van der Waals surface area contributed by atoms with Crippen molar-refractivity contribution in [3.05, 3.63) is 52.0 Å². The van der Waals surface area contributed by atoms with Crippen LogP contribution < -0.4 is 9.64 Å². The quantitative estimate of drug-likeness (QED) is 0.596. The number of rotatable bonds is 7. The van der Waals surface area contributed by atoms with Crippen molar-refractivity contribution in [2.45, 2.75) is 31.0 Å². The van der Waals surface area contributed by atoms with Crippen LogP contribution in [0.4, 0.5) is 5.82 Å². The van der Waals surface area contributed by atoms with Gasteiger partial charge in [0.2, 0.25) is 11.8 Å². The van der Waals surface area contributed by atoms with Gasteiger partial charge in [0, 0.05) is 45.1 Å². The predicted molar refractivity (Wildman–Crippen MR) is 113 cm³/mol. The molecule has 8 heteroatoms. The van der Waals surface area contributed by atoms with Crippen molar-refractivity contribution in [3.8, 4) is 5.88 Å². The van der Waals surface area contributed by atoms with E-state index < -0.39 is 11.7 Å². The highest BCUT2D eigenvalue weighted by Crippen LogP contribution is 2.42. The Kier molecular flexibility index (Phi) is 7.01. The normalized spacial score (nSPS) is 19.7. The summed E-state index contributed by atoms with van der Waals surface area (Å²) in [4.78, 5) is 18.9. The summed E-state index contributed by atoms with van der Waals surface area (Å²) >= 11 is 12.5. The second-order valence-electron chi connectivity index (χ2n) is 7.03. The number of hydrogen-bond donors (Lipinski definition) is 0. The van der Waals surface area contributed by atoms with Gasteiger partial charge in [0.05, 0.1) is 17.2 Å². The summed E-state index contributed by atoms with van der Waals surface area (Å²) in [5.74, 6) is 1.00. The molecule has 1 atom stereocenters. The number of ether oxygens (including phenoxy) is 3. The van der Waals surface area contributed by atoms with Crippen molar-refractivity contribution >= 4 is 34.9 Å². The molecule has 0 radical (unpaired) electrons. The first kappa shape index (κ1) is 21.8. The molecule has 0 aliphatic carbocycles. The maximum Gasteiger partial charge on any atom is 0.228 e. The molecule has 156 valence electrons. The van der Waals surface area contributed by atoms with E-state index in [4.69, 9.17) is 37.4 Å². The summed E-state index contributed by atoms with van der Waals surface area (Å²) in [5, 5.41) is 0.955. The molecule has 1 saturated heterocycles. The number of amides is 1. The Bertz CT molecular complexity index is 876. The highest BCUT2D eigenvalue weighted by Gasteiger charge is 2.43. The van der Waals surface area contributed by atoms with Crippen molar-refractivity contribution in [2.75, 3.05) is 32.8 Å². The number of anilines is 1. The van der Waals surface area contributed by atoms with E-state index in [0.29, 0.717) is 47.6 Å². The van der Waals surface area contributed by atoms with Crippen LogP contribution in [0.3, 0.4) is 0 Å². The molecular weight excluding hydrogens is 415 g/mol. The molecule has 1 fully saturated rings. The van der Waals surface area contributed by atoms with Crippen LogP contribution in [0.1, 0.15) is 24.8 Å². The van der Waals surface area contributed by atoms with Gasteiger partial charge in [-0.25, -0.2) is 0 Å². The Balaban J connectivity index is 2.04. The number of hydrogen-bond acceptors (Lipinski definition) is 5. The Hall–Kier alpha value is -1.86. The lowest BCUT2D eigenvalue weighted by molar-refractivity contribution is -0.127. The number of nitrogens with zero attached hydrogens (tertiary/aromatic N) is 2. The van der Waals surface area contributed by atoms with Crippen LogP contribution in [0, 0.1) is 0 Å². The lowest BCUT2D eigenvalue weighted by Crippen LogP contribution is -2.51. The molecule has 1 aromatic carbocycles. The van der Waals surface area contributed by atoms with E-state index >= 15 is 0 Å². The number of methoxy groups -OCH3 is 3. The van der Waals surface area contributed by atoms with Crippen molar-refractivity contribution in [3.63, 3.8) is 0 Å². The van der Waals surface area contributed by atoms with Crippen molar-refractivity contribution in [1.82, 2.24) is 4.98 Å². The fourth-order valence-electron chi connectivity index (χ4n) is 3.76. The second kappa shape index (κ2) is 9.30. The second-order valence-corrected chi connectivity index (χ2v) is 7.85. The first-order valence-electron chi connectivity index (χ1n) is 9.25. The van der Waals surface area contributed by atoms with Gasteiger partial charge < -0.3 is 14.2 Å². The zero-order chi connectivity index (χ0) is 21.0. The van der Waals surface area contributed by atoms with Crippen molar-refractivity contribution < 1.29 is 19.0 Å². The van der Waals surface area contributed by atoms with Gasteiger partial charge in [0.1, 0.15) is 5.82 Å². The molecule has 0 saturated carbocycles. The molecule has 29 heavy (non-hydrogen) atoms. The minimum atomic E-state index is -0.441. The molecule has 2 heterocycles. The van der Waals surface area contributed by atoms with E-state index in [1.165, 1.54) is 0 Å². The SMILES string of the molecule is COc1cccc(N2CC(CC(OC)OC)(c3ccc(Cl)c(Cl)c3)CCC2=O)n1. The maximum absolute atomic E-state index is 12.8. The zero-order valence-corrected chi connectivity index (χ0v) is 18.2. The monoisotopic (exact) mass is 438 g/mol. The number of pyridine rings is 1. The molecule has 2 aromatic rings. The van der Waals surface area contributed by atoms with Gasteiger partial charge in [-0.05, 0) is 30.2 Å². The van der Waals surface area contributed by atoms with Crippen LogP contribution in [0.25, 0.3) is 0 Å². The highest BCUT2D eigenvalue weighted by molar-refractivity contribution is 6.42. The number of piperidine rings is 1. The standard InChI is InChI=1S/C21H24Cl2N2O4/c1-27-18-6-4-5-17(24-18)25-13-21(10-9-19(25)26,12-20(28-2)29-3)14-7-8-15(22)16(23)11-14/h4-8,11,20H,9-10,12-13H2,1-3H3. The Labute approximate surface area is 180 Å². The van der Waals surface area contributed by atoms with E-state index in [9.17, 15) is 4.79 Å². The lowest BCUT2D eigenvalue weighted by atomic mass is 9.71. The van der Waals surface area contributed by atoms with Gasteiger partial charge in [0.25, 0.3) is 0 Å². The molecule has 1 aliphatic rings. The molecule has 1 aliphatic heterocycles. The van der Waals surface area contributed by atoms with E-state index in [2.05, 4.69) is 4.98 Å². The fraction of sp³-hybridized carbons (Fsp3) is 0.429. The van der Waals surface area contributed by atoms with Gasteiger partial charge in [0.15, 0.2) is 6.29 Å². The minimum absolute atomic E-state index is 0.00724. The lowest BCUT2D eigenvalue weighted by Gasteiger charge is -2.44. The van der Waals surface area contributed by atoms with Crippen molar-refractivity contribution in [1.29, 1.82) is 0 Å². The number of halogens is 2. The van der Waals surface area contributed by atoms with Gasteiger partial charge in [-0.2, -0.15) is 4.98 Å². The zero-order valence-electron chi connectivity index (χ0n) is 16.7. The summed E-state index contributed by atoms with van der Waals surface area (Å²) in [6, 6.07) is 10.9. The topological polar surface area (TPSA) is 60.9 Å². The number of carbonyl (C=O) groups is 1. The molecule has 1 amide bonds. The van der Waals surface area contributed by atoms with Crippen LogP contribution in [-0.4, -0.2) is 45.1 Å². The fourth-order valence-corrected chi connectivity index (χ4v) is 4.05. The summed E-state index contributed by atoms with van der Waals surface area (Å²) < 4.78 is 16.2. The van der Waals surface area contributed by atoms with Crippen LogP contribution in [0.5, 0.6) is 5.88 Å². The first-order chi connectivity index (χ1) is 13.9. The number of benzene rings is 1. The number of carbonyl (C=O) groups excluding carboxylic acids is 1. The smallest absolute Gasteiger partial charge is 0.228 e. The Morgan fingerprint density at radius 2 is 1.90 bits per heavy atom. The third-order valence-electron chi connectivity index (χ3n) is 5.39. The molecule has 0 bridgehead atoms. The predicted octanol–water partition coefficient (Wildman–Crippen LogP) is 4.47. The Morgan fingerprint density at radius 3 is 2.55 bits per heavy atom. The summed E-state index contributed by atoms with van der Waals surface area (Å²) in [6.45, 7) is 0.410. The van der Waals surface area contributed by atoms with Crippen LogP contribution in [-0.2, 0) is 19.7 Å². The minimum Gasteiger partial charge on any atom is -0.481 e. The molecule has 1 unspecified atom stereocenters. The molecule has 6 nitrogen and oxygen atoms in total. The van der Waals surface area contributed by atoms with Gasteiger partial charge >= 0.3 is 0 Å². The van der Waals surface area contributed by atoms with E-state index in [0.717, 1.165) is 5.56 Å². The summed E-state index contributed by atoms with van der Waals surface area (Å²) in [6.07, 6.45) is 1.11. The van der Waals surface area contributed by atoms with Crippen LogP contribution in [0.2, 0.25) is 10.0 Å².